The van der Waals surface area contributed by atoms with E-state index in [0.717, 1.165) is 38.2 Å². The molecule has 4 rings (SSSR count). The molecule has 0 saturated heterocycles. The topological polar surface area (TPSA) is 23.8 Å². The van der Waals surface area contributed by atoms with Crippen molar-refractivity contribution < 1.29 is 17.6 Å². The Hall–Kier alpha value is -2.87. The van der Waals surface area contributed by atoms with Gasteiger partial charge in [0.15, 0.2) is 5.82 Å². The van der Waals surface area contributed by atoms with Crippen LogP contribution in [0.4, 0.5) is 17.6 Å². The van der Waals surface area contributed by atoms with E-state index in [2.05, 4.69) is 6.92 Å². The third-order valence-electron chi connectivity index (χ3n) is 6.51. The maximum atomic E-state index is 15.0. The Bertz CT molecular complexity index is 1150. The molecule has 0 unspecified atom stereocenters. The minimum absolute atomic E-state index is 0.0305. The lowest BCUT2D eigenvalue weighted by Crippen LogP contribution is -2.13. The van der Waals surface area contributed by atoms with Crippen LogP contribution in [0.2, 0.25) is 0 Å². The van der Waals surface area contributed by atoms with Gasteiger partial charge in [-0.3, -0.25) is 0 Å². The number of benzene rings is 3. The summed E-state index contributed by atoms with van der Waals surface area (Å²) in [6.07, 6.45) is 6.38. The quantitative estimate of drug-likeness (QED) is 0.388. The van der Waals surface area contributed by atoms with Gasteiger partial charge in [0.25, 0.3) is 0 Å². The fourth-order valence-corrected chi connectivity index (χ4v) is 4.89. The molecular weight excluding hydrogens is 402 g/mol. The van der Waals surface area contributed by atoms with E-state index in [1.807, 2.05) is 0 Å². The first-order valence-corrected chi connectivity index (χ1v) is 10.7. The van der Waals surface area contributed by atoms with Gasteiger partial charge in [0, 0.05) is 5.39 Å². The minimum Gasteiger partial charge on any atom is -0.206 e. The number of rotatable bonds is 4. The average Bonchev–Trinajstić information content (AvgIpc) is 2.74. The molecule has 1 saturated carbocycles. The molecule has 0 bridgehead atoms. The van der Waals surface area contributed by atoms with Crippen molar-refractivity contribution in [3.05, 3.63) is 70.8 Å². The Morgan fingerprint density at radius 2 is 1.58 bits per heavy atom. The van der Waals surface area contributed by atoms with Crippen LogP contribution in [0.5, 0.6) is 0 Å². The molecule has 0 heterocycles. The van der Waals surface area contributed by atoms with Gasteiger partial charge in [-0.15, -0.1) is 0 Å². The largest absolute Gasteiger partial charge is 0.206 e. The molecule has 0 radical (unpaired) electrons. The standard InChI is InChI=1S/C26H23F4N/c1-2-3-15-4-6-16(7-5-15)18-11-23(28)25(24(29)12-18)17-8-9-20-19(10-17)13-22(27)21(14-31)26(20)30/h8-13,15-16H,2-7H2,1H3. The number of nitrogens with zero attached hydrogens (tertiary/aromatic N) is 1. The molecule has 1 aliphatic rings. The van der Waals surface area contributed by atoms with Crippen LogP contribution in [-0.2, 0) is 0 Å². The molecule has 0 aliphatic heterocycles. The highest BCUT2D eigenvalue weighted by molar-refractivity contribution is 5.89. The molecule has 0 atom stereocenters. The smallest absolute Gasteiger partial charge is 0.151 e. The van der Waals surface area contributed by atoms with Gasteiger partial charge in [0.2, 0.25) is 0 Å². The van der Waals surface area contributed by atoms with E-state index in [-0.39, 0.29) is 27.8 Å². The molecule has 1 aliphatic carbocycles. The van der Waals surface area contributed by atoms with E-state index in [1.165, 1.54) is 42.8 Å². The van der Waals surface area contributed by atoms with Gasteiger partial charge in [-0.2, -0.15) is 5.26 Å². The summed E-state index contributed by atoms with van der Waals surface area (Å²) in [5.74, 6) is -2.48. The lowest BCUT2D eigenvalue weighted by Gasteiger charge is -2.29. The Kier molecular flexibility index (Phi) is 6.00. The Balaban J connectivity index is 1.68. The van der Waals surface area contributed by atoms with Gasteiger partial charge in [0.05, 0.1) is 5.56 Å². The molecule has 31 heavy (non-hydrogen) atoms. The minimum atomic E-state index is -1.00. The van der Waals surface area contributed by atoms with Crippen LogP contribution in [0.25, 0.3) is 21.9 Å². The summed E-state index contributed by atoms with van der Waals surface area (Å²) >= 11 is 0. The zero-order valence-corrected chi connectivity index (χ0v) is 17.3. The van der Waals surface area contributed by atoms with Crippen molar-refractivity contribution in [3.63, 3.8) is 0 Å². The highest BCUT2D eigenvalue weighted by atomic mass is 19.1. The first-order chi connectivity index (χ1) is 14.9. The third-order valence-corrected chi connectivity index (χ3v) is 6.51. The summed E-state index contributed by atoms with van der Waals surface area (Å²) in [6.45, 7) is 2.17. The number of hydrogen-bond acceptors (Lipinski definition) is 1. The highest BCUT2D eigenvalue weighted by Gasteiger charge is 2.24. The van der Waals surface area contributed by atoms with Crippen molar-refractivity contribution in [2.24, 2.45) is 5.92 Å². The van der Waals surface area contributed by atoms with Crippen LogP contribution >= 0.6 is 0 Å². The van der Waals surface area contributed by atoms with Crippen LogP contribution in [0, 0.1) is 40.5 Å². The number of halogens is 4. The number of hydrogen-bond donors (Lipinski definition) is 0. The van der Waals surface area contributed by atoms with Crippen molar-refractivity contribution >= 4 is 10.8 Å². The highest BCUT2D eigenvalue weighted by Crippen LogP contribution is 2.40. The van der Waals surface area contributed by atoms with Crippen LogP contribution in [-0.4, -0.2) is 0 Å². The van der Waals surface area contributed by atoms with Gasteiger partial charge < -0.3 is 0 Å². The summed E-state index contributed by atoms with van der Waals surface area (Å²) in [6, 6.07) is 9.36. The monoisotopic (exact) mass is 425 g/mol. The molecule has 1 fully saturated rings. The van der Waals surface area contributed by atoms with Crippen LogP contribution < -0.4 is 0 Å². The summed E-state index contributed by atoms with van der Waals surface area (Å²) in [7, 11) is 0. The van der Waals surface area contributed by atoms with Crippen molar-refractivity contribution in [2.45, 2.75) is 51.4 Å². The van der Waals surface area contributed by atoms with Crippen molar-refractivity contribution in [3.8, 4) is 17.2 Å². The molecule has 160 valence electrons. The molecule has 3 aromatic rings. The fraction of sp³-hybridized carbons (Fsp3) is 0.346. The van der Waals surface area contributed by atoms with Gasteiger partial charge >= 0.3 is 0 Å². The molecule has 5 heteroatoms. The zero-order chi connectivity index (χ0) is 22.1. The first-order valence-electron chi connectivity index (χ1n) is 10.7. The van der Waals surface area contributed by atoms with E-state index in [0.29, 0.717) is 11.5 Å². The van der Waals surface area contributed by atoms with Crippen molar-refractivity contribution in [1.82, 2.24) is 0 Å². The first kappa shape index (κ1) is 21.4. The molecule has 0 N–H and O–H groups in total. The molecule has 3 aromatic carbocycles. The molecule has 0 spiro atoms. The second-order valence-electron chi connectivity index (χ2n) is 8.46. The maximum absolute atomic E-state index is 15.0. The van der Waals surface area contributed by atoms with E-state index >= 15 is 0 Å². The maximum Gasteiger partial charge on any atom is 0.151 e. The average molecular weight is 425 g/mol. The van der Waals surface area contributed by atoms with Crippen LogP contribution in [0.15, 0.2) is 36.4 Å². The summed E-state index contributed by atoms with van der Waals surface area (Å²) in [4.78, 5) is 0. The molecule has 0 aromatic heterocycles. The van der Waals surface area contributed by atoms with E-state index in [9.17, 15) is 17.6 Å². The summed E-state index contributed by atoms with van der Waals surface area (Å²) in [5, 5.41) is 9.08. The molecule has 1 nitrogen and oxygen atoms in total. The fourth-order valence-electron chi connectivity index (χ4n) is 4.89. The second-order valence-corrected chi connectivity index (χ2v) is 8.46. The Labute approximate surface area is 179 Å². The van der Waals surface area contributed by atoms with Crippen molar-refractivity contribution in [2.75, 3.05) is 0 Å². The van der Waals surface area contributed by atoms with Crippen LogP contribution in [0.1, 0.15) is 62.5 Å². The number of nitriles is 1. The van der Waals surface area contributed by atoms with Gasteiger partial charge in [-0.05, 0) is 78.3 Å². The van der Waals surface area contributed by atoms with Crippen LogP contribution in [0.3, 0.4) is 0 Å². The second kappa shape index (κ2) is 8.70. The van der Waals surface area contributed by atoms with E-state index in [1.54, 1.807) is 0 Å². The SMILES string of the molecule is CCCC1CCC(c2cc(F)c(-c3ccc4c(F)c(C#N)c(F)cc4c3)c(F)c2)CC1. The normalized spacial score (nSPS) is 18.8. The van der Waals surface area contributed by atoms with Gasteiger partial charge in [-0.1, -0.05) is 31.9 Å². The van der Waals surface area contributed by atoms with Gasteiger partial charge in [0.1, 0.15) is 29.1 Å². The molecule has 0 amide bonds. The lowest BCUT2D eigenvalue weighted by molar-refractivity contribution is 0.307. The number of fused-ring (bicyclic) bond motifs is 1. The Morgan fingerprint density at radius 1 is 0.903 bits per heavy atom. The lowest BCUT2D eigenvalue weighted by atomic mass is 9.77. The summed E-state index contributed by atoms with van der Waals surface area (Å²) < 4.78 is 58.3. The van der Waals surface area contributed by atoms with E-state index < -0.39 is 28.8 Å². The Morgan fingerprint density at radius 3 is 2.19 bits per heavy atom. The summed E-state index contributed by atoms with van der Waals surface area (Å²) in [5.41, 5.74) is -0.0134. The predicted octanol–water partition coefficient (Wildman–Crippen LogP) is 8.01. The molecular formula is C26H23F4N. The van der Waals surface area contributed by atoms with Crippen molar-refractivity contribution in [1.29, 1.82) is 5.26 Å². The zero-order valence-electron chi connectivity index (χ0n) is 17.3. The predicted molar refractivity (Wildman–Crippen MR) is 114 cm³/mol. The third kappa shape index (κ3) is 4.04. The van der Waals surface area contributed by atoms with Gasteiger partial charge in [-0.25, -0.2) is 17.6 Å². The van der Waals surface area contributed by atoms with E-state index in [4.69, 9.17) is 5.26 Å².